The molecule has 1 aromatic heterocycles. The minimum absolute atomic E-state index is 0.519. The maximum absolute atomic E-state index is 10.1. The van der Waals surface area contributed by atoms with E-state index in [9.17, 15) is 5.11 Å². The van der Waals surface area contributed by atoms with Gasteiger partial charge in [-0.05, 0) is 54.6 Å². The van der Waals surface area contributed by atoms with Crippen LogP contribution in [0.2, 0.25) is 10.0 Å². The van der Waals surface area contributed by atoms with Crippen LogP contribution < -0.4 is 5.32 Å². The van der Waals surface area contributed by atoms with E-state index < -0.39 is 6.10 Å². The number of rotatable bonds is 5. The average Bonchev–Trinajstić information content (AvgIpc) is 2.90. The predicted octanol–water partition coefficient (Wildman–Crippen LogP) is 3.43. The van der Waals surface area contributed by atoms with Crippen LogP contribution in [0.1, 0.15) is 22.8 Å². The summed E-state index contributed by atoms with van der Waals surface area (Å²) >= 11 is 12.1. The van der Waals surface area contributed by atoms with Crippen LogP contribution in [0.5, 0.6) is 0 Å². The van der Waals surface area contributed by atoms with Crippen molar-refractivity contribution in [1.29, 1.82) is 0 Å². The monoisotopic (exact) mass is 336 g/mol. The Bertz CT molecular complexity index is 618. The molecule has 3 rings (SSSR count). The molecule has 22 heavy (non-hydrogen) atoms. The lowest BCUT2D eigenvalue weighted by atomic mass is 10.1. The third-order valence-electron chi connectivity index (χ3n) is 4.10. The highest BCUT2D eigenvalue weighted by atomic mass is 35.5. The molecule has 0 bridgehead atoms. The first-order valence-corrected chi connectivity index (χ1v) is 8.14. The van der Waals surface area contributed by atoms with Crippen LogP contribution in [0.25, 0.3) is 0 Å². The highest BCUT2D eigenvalue weighted by Crippen LogP contribution is 2.33. The molecule has 1 unspecified atom stereocenters. The zero-order valence-corrected chi connectivity index (χ0v) is 13.6. The van der Waals surface area contributed by atoms with E-state index in [0.717, 1.165) is 24.9 Å². The Hall–Kier alpha value is -1.13. The minimum Gasteiger partial charge on any atom is -0.387 e. The van der Waals surface area contributed by atoms with Gasteiger partial charge in [-0.1, -0.05) is 29.3 Å². The number of pyridine rings is 1. The number of aromatic nitrogens is 1. The van der Waals surface area contributed by atoms with Gasteiger partial charge in [-0.25, -0.2) is 0 Å². The van der Waals surface area contributed by atoms with Crippen LogP contribution >= 0.6 is 23.2 Å². The lowest BCUT2D eigenvalue weighted by Crippen LogP contribution is -2.27. The van der Waals surface area contributed by atoms with E-state index in [0.29, 0.717) is 22.5 Å². The summed E-state index contributed by atoms with van der Waals surface area (Å²) in [6.45, 7) is 1.39. The molecule has 0 radical (unpaired) electrons. The van der Waals surface area contributed by atoms with Gasteiger partial charge in [-0.3, -0.25) is 4.98 Å². The van der Waals surface area contributed by atoms with Crippen LogP contribution in [0.15, 0.2) is 36.7 Å². The summed E-state index contributed by atoms with van der Waals surface area (Å²) in [5.41, 5.74) is 3.41. The zero-order valence-electron chi connectivity index (χ0n) is 12.1. The molecular weight excluding hydrogens is 319 g/mol. The Kier molecular flexibility index (Phi) is 4.99. The molecule has 1 atom stereocenters. The lowest BCUT2D eigenvalue weighted by molar-refractivity contribution is 0.172. The van der Waals surface area contributed by atoms with Crippen LogP contribution in [-0.2, 0) is 12.8 Å². The van der Waals surface area contributed by atoms with Crippen LogP contribution in [0.3, 0.4) is 0 Å². The fraction of sp³-hybridized carbons (Fsp3) is 0.353. The van der Waals surface area contributed by atoms with E-state index in [1.807, 2.05) is 24.3 Å². The first-order valence-electron chi connectivity index (χ1n) is 7.39. The molecule has 0 saturated carbocycles. The first kappa shape index (κ1) is 15.8. The van der Waals surface area contributed by atoms with Crippen molar-refractivity contribution in [2.24, 2.45) is 5.92 Å². The third kappa shape index (κ3) is 3.61. The molecule has 1 aromatic carbocycles. The van der Waals surface area contributed by atoms with Gasteiger partial charge in [0.1, 0.15) is 0 Å². The number of halogens is 2. The van der Waals surface area contributed by atoms with Gasteiger partial charge >= 0.3 is 0 Å². The number of aliphatic hydroxyl groups is 1. The van der Waals surface area contributed by atoms with Crippen molar-refractivity contribution in [3.8, 4) is 0 Å². The van der Waals surface area contributed by atoms with Crippen LogP contribution in [0.4, 0.5) is 0 Å². The number of fused-ring (bicyclic) bond motifs is 1. The summed E-state index contributed by atoms with van der Waals surface area (Å²) in [7, 11) is 0. The van der Waals surface area contributed by atoms with Gasteiger partial charge in [0.25, 0.3) is 0 Å². The highest BCUT2D eigenvalue weighted by Gasteiger charge is 2.22. The van der Waals surface area contributed by atoms with Crippen molar-refractivity contribution in [3.63, 3.8) is 0 Å². The van der Waals surface area contributed by atoms with E-state index in [2.05, 4.69) is 10.3 Å². The predicted molar refractivity (Wildman–Crippen MR) is 89.4 cm³/mol. The second kappa shape index (κ2) is 6.97. The van der Waals surface area contributed by atoms with Gasteiger partial charge in [0.05, 0.1) is 16.1 Å². The summed E-state index contributed by atoms with van der Waals surface area (Å²) in [5, 5.41) is 14.7. The Balaban J connectivity index is 1.50. The van der Waals surface area contributed by atoms with Crippen molar-refractivity contribution < 1.29 is 5.11 Å². The zero-order chi connectivity index (χ0) is 15.5. The molecule has 1 heterocycles. The number of aliphatic hydroxyl groups excluding tert-OH is 1. The van der Waals surface area contributed by atoms with Gasteiger partial charge in [0.15, 0.2) is 0 Å². The SMILES string of the molecule is OC(CNCC1Cc2cc(Cl)c(Cl)cc2C1)c1cccnc1. The van der Waals surface area contributed by atoms with Gasteiger partial charge in [-0.2, -0.15) is 0 Å². The third-order valence-corrected chi connectivity index (χ3v) is 4.82. The lowest BCUT2D eigenvalue weighted by Gasteiger charge is -2.14. The largest absolute Gasteiger partial charge is 0.387 e. The molecule has 0 amide bonds. The maximum Gasteiger partial charge on any atom is 0.0929 e. The minimum atomic E-state index is -0.527. The molecule has 0 saturated heterocycles. The van der Waals surface area contributed by atoms with Gasteiger partial charge in [0, 0.05) is 24.5 Å². The molecule has 2 N–H and O–H groups in total. The van der Waals surface area contributed by atoms with Crippen molar-refractivity contribution in [2.45, 2.75) is 18.9 Å². The fourth-order valence-electron chi connectivity index (χ4n) is 2.96. The van der Waals surface area contributed by atoms with Crippen LogP contribution in [0, 0.1) is 5.92 Å². The summed E-state index contributed by atoms with van der Waals surface area (Å²) < 4.78 is 0. The Morgan fingerprint density at radius 3 is 2.50 bits per heavy atom. The van der Waals surface area contributed by atoms with E-state index in [-0.39, 0.29) is 0 Å². The van der Waals surface area contributed by atoms with E-state index in [4.69, 9.17) is 23.2 Å². The van der Waals surface area contributed by atoms with Gasteiger partial charge in [-0.15, -0.1) is 0 Å². The van der Waals surface area contributed by atoms with Crippen molar-refractivity contribution in [1.82, 2.24) is 10.3 Å². The van der Waals surface area contributed by atoms with E-state index in [1.54, 1.807) is 12.4 Å². The number of benzene rings is 1. The number of hydrogen-bond donors (Lipinski definition) is 2. The molecule has 0 fully saturated rings. The Labute approximate surface area is 140 Å². The fourth-order valence-corrected chi connectivity index (χ4v) is 3.34. The Morgan fingerprint density at radius 1 is 1.23 bits per heavy atom. The van der Waals surface area contributed by atoms with Gasteiger partial charge < -0.3 is 10.4 Å². The van der Waals surface area contributed by atoms with E-state index >= 15 is 0 Å². The highest BCUT2D eigenvalue weighted by molar-refractivity contribution is 6.42. The number of nitrogens with zero attached hydrogens (tertiary/aromatic N) is 1. The van der Waals surface area contributed by atoms with Crippen molar-refractivity contribution >= 4 is 23.2 Å². The number of nitrogens with one attached hydrogen (secondary N) is 1. The van der Waals surface area contributed by atoms with Crippen molar-refractivity contribution in [3.05, 3.63) is 63.4 Å². The molecule has 116 valence electrons. The quantitative estimate of drug-likeness (QED) is 0.879. The summed E-state index contributed by atoms with van der Waals surface area (Å²) in [6.07, 6.45) is 4.88. The molecule has 1 aliphatic carbocycles. The van der Waals surface area contributed by atoms with Crippen molar-refractivity contribution in [2.75, 3.05) is 13.1 Å². The smallest absolute Gasteiger partial charge is 0.0929 e. The van der Waals surface area contributed by atoms with E-state index in [1.165, 1.54) is 11.1 Å². The second-order valence-electron chi connectivity index (χ2n) is 5.77. The average molecular weight is 337 g/mol. The number of hydrogen-bond acceptors (Lipinski definition) is 3. The molecule has 5 heteroatoms. The summed E-state index contributed by atoms with van der Waals surface area (Å²) in [6, 6.07) is 7.67. The topological polar surface area (TPSA) is 45.1 Å². The molecule has 1 aliphatic rings. The molecule has 0 spiro atoms. The first-order chi connectivity index (χ1) is 10.6. The summed E-state index contributed by atoms with van der Waals surface area (Å²) in [4.78, 5) is 4.02. The van der Waals surface area contributed by atoms with Crippen LogP contribution in [-0.4, -0.2) is 23.2 Å². The second-order valence-corrected chi connectivity index (χ2v) is 6.58. The normalized spacial score (nSPS) is 15.8. The maximum atomic E-state index is 10.1. The summed E-state index contributed by atoms with van der Waals surface area (Å²) in [5.74, 6) is 0.519. The molecule has 3 nitrogen and oxygen atoms in total. The standard InChI is InChI=1S/C17H18Cl2N2O/c18-15-6-13-4-11(5-14(13)7-16(15)19)8-21-10-17(22)12-2-1-3-20-9-12/h1-3,6-7,9,11,17,21-22H,4-5,8,10H2. The molecule has 2 aromatic rings. The Morgan fingerprint density at radius 2 is 1.91 bits per heavy atom. The van der Waals surface area contributed by atoms with Gasteiger partial charge in [0.2, 0.25) is 0 Å². The molecular formula is C17H18Cl2N2O. The molecule has 0 aliphatic heterocycles.